The predicted molar refractivity (Wildman–Crippen MR) is 106 cm³/mol. The molecule has 0 aromatic heterocycles. The molecule has 0 bridgehead atoms. The first kappa shape index (κ1) is 22.2. The first-order chi connectivity index (χ1) is 12.9. The van der Waals surface area contributed by atoms with E-state index >= 15 is 0 Å². The van der Waals surface area contributed by atoms with Gasteiger partial charge in [-0.15, -0.1) is 0 Å². The molecule has 0 aliphatic carbocycles. The van der Waals surface area contributed by atoms with E-state index in [1.165, 1.54) is 0 Å². The van der Waals surface area contributed by atoms with Gasteiger partial charge in [0.1, 0.15) is 23.0 Å². The molecule has 6 nitrogen and oxygen atoms in total. The van der Waals surface area contributed by atoms with E-state index in [9.17, 15) is 4.79 Å². The van der Waals surface area contributed by atoms with Gasteiger partial charge in [0.15, 0.2) is 0 Å². The van der Waals surface area contributed by atoms with Gasteiger partial charge in [-0.2, -0.15) is 0 Å². The highest BCUT2D eigenvalue weighted by Gasteiger charge is 2.14. The van der Waals surface area contributed by atoms with Crippen LogP contribution in [0.25, 0.3) is 0 Å². The number of benzene rings is 2. The van der Waals surface area contributed by atoms with E-state index in [-0.39, 0.29) is 11.8 Å². The van der Waals surface area contributed by atoms with E-state index in [0.717, 1.165) is 22.6 Å². The second kappa shape index (κ2) is 11.0. The van der Waals surface area contributed by atoms with Crippen LogP contribution in [0.3, 0.4) is 0 Å². The molecule has 2 aromatic carbocycles. The maximum Gasteiger partial charge on any atom is 0.415 e. The van der Waals surface area contributed by atoms with Gasteiger partial charge in [0.25, 0.3) is 0 Å². The highest BCUT2D eigenvalue weighted by Crippen LogP contribution is 2.27. The van der Waals surface area contributed by atoms with Crippen molar-refractivity contribution in [3.8, 4) is 23.0 Å². The number of carbonyl (C=O) groups is 1. The van der Waals surface area contributed by atoms with Crippen LogP contribution in [0.15, 0.2) is 36.4 Å². The molecule has 0 heterocycles. The maximum absolute atomic E-state index is 11.8. The van der Waals surface area contributed by atoms with Crippen molar-refractivity contribution in [2.75, 3.05) is 27.3 Å². The Hall–Kier alpha value is -2.89. The fraction of sp³-hybridized carbons (Fsp3) is 0.381. The summed E-state index contributed by atoms with van der Waals surface area (Å²) in [5.41, 5.74) is 1.61. The molecular formula is C21H29NO5. The molecule has 148 valence electrons. The molecule has 0 atom stereocenters. The Balaban J connectivity index is 0.000000309. The number of carbonyl (C=O) groups excluding carboxylic acids is 1. The second-order valence-electron chi connectivity index (χ2n) is 5.73. The zero-order chi connectivity index (χ0) is 20.4. The minimum Gasteiger partial charge on any atom is -0.508 e. The van der Waals surface area contributed by atoms with Gasteiger partial charge in [0, 0.05) is 24.2 Å². The third kappa shape index (κ3) is 6.09. The summed E-state index contributed by atoms with van der Waals surface area (Å²) in [5.74, 6) is 2.26. The number of aromatic hydroxyl groups is 1. The quantitative estimate of drug-likeness (QED) is 0.830. The zero-order valence-electron chi connectivity index (χ0n) is 16.9. The third-order valence-corrected chi connectivity index (χ3v) is 4.15. The largest absolute Gasteiger partial charge is 0.508 e. The number of rotatable bonds is 5. The summed E-state index contributed by atoms with van der Waals surface area (Å²) in [6.45, 7) is 8.79. The van der Waals surface area contributed by atoms with Gasteiger partial charge in [0.2, 0.25) is 0 Å². The van der Waals surface area contributed by atoms with Crippen molar-refractivity contribution in [2.45, 2.75) is 27.7 Å². The molecule has 2 rings (SSSR count). The van der Waals surface area contributed by atoms with Crippen LogP contribution < -0.4 is 14.2 Å². The standard InChI is InChI=1S/C13H19NO3.C8H10O2/c1-5-14(6-2)13(15)17-12-9-7-8-11(16-4)10(12)3;1-6-7(9)4-3-5-8(6)10-2/h7-9H,5-6H2,1-4H3;3-5,9H,1-2H3. The van der Waals surface area contributed by atoms with Gasteiger partial charge in [0.05, 0.1) is 14.2 Å². The Labute approximate surface area is 161 Å². The number of nitrogens with zero attached hydrogens (tertiary/aromatic N) is 1. The van der Waals surface area contributed by atoms with Crippen LogP contribution in [0.1, 0.15) is 25.0 Å². The zero-order valence-corrected chi connectivity index (χ0v) is 16.9. The summed E-state index contributed by atoms with van der Waals surface area (Å²) < 4.78 is 15.5. The number of methoxy groups -OCH3 is 2. The molecule has 0 saturated carbocycles. The van der Waals surface area contributed by atoms with E-state index in [0.29, 0.717) is 18.8 Å². The van der Waals surface area contributed by atoms with Crippen LogP contribution >= 0.6 is 0 Å². The minimum atomic E-state index is -0.327. The molecule has 1 amide bonds. The summed E-state index contributed by atoms with van der Waals surface area (Å²) in [6.07, 6.45) is -0.327. The highest BCUT2D eigenvalue weighted by molar-refractivity contribution is 5.71. The van der Waals surface area contributed by atoms with Crippen molar-refractivity contribution >= 4 is 6.09 Å². The lowest BCUT2D eigenvalue weighted by molar-refractivity contribution is 0.157. The highest BCUT2D eigenvalue weighted by atomic mass is 16.6. The van der Waals surface area contributed by atoms with Crippen molar-refractivity contribution in [1.82, 2.24) is 4.90 Å². The first-order valence-electron chi connectivity index (χ1n) is 8.82. The minimum absolute atomic E-state index is 0.277. The van der Waals surface area contributed by atoms with Crippen LogP contribution in [-0.2, 0) is 0 Å². The summed E-state index contributed by atoms with van der Waals surface area (Å²) >= 11 is 0. The molecule has 0 aliphatic heterocycles. The molecule has 0 unspecified atom stereocenters. The lowest BCUT2D eigenvalue weighted by Gasteiger charge is -2.19. The van der Waals surface area contributed by atoms with Crippen LogP contribution in [-0.4, -0.2) is 43.4 Å². The number of phenolic OH excluding ortho intramolecular Hbond substituents is 1. The Morgan fingerprint density at radius 1 is 0.889 bits per heavy atom. The van der Waals surface area contributed by atoms with E-state index in [1.807, 2.05) is 39.8 Å². The van der Waals surface area contributed by atoms with Gasteiger partial charge in [-0.25, -0.2) is 4.79 Å². The molecule has 6 heteroatoms. The summed E-state index contributed by atoms with van der Waals surface area (Å²) in [7, 11) is 3.18. The van der Waals surface area contributed by atoms with Gasteiger partial charge in [-0.05, 0) is 52.0 Å². The average molecular weight is 375 g/mol. The lowest BCUT2D eigenvalue weighted by Crippen LogP contribution is -2.33. The monoisotopic (exact) mass is 375 g/mol. The number of phenols is 1. The van der Waals surface area contributed by atoms with Gasteiger partial charge in [-0.3, -0.25) is 0 Å². The predicted octanol–water partition coefficient (Wildman–Crippen LogP) is 4.55. The summed E-state index contributed by atoms with van der Waals surface area (Å²) in [6, 6.07) is 10.6. The van der Waals surface area contributed by atoms with Crippen molar-refractivity contribution in [1.29, 1.82) is 0 Å². The lowest BCUT2D eigenvalue weighted by atomic mass is 10.2. The molecule has 0 radical (unpaired) electrons. The van der Waals surface area contributed by atoms with Crippen LogP contribution in [0, 0.1) is 13.8 Å². The van der Waals surface area contributed by atoms with Crippen molar-refractivity contribution < 1.29 is 24.1 Å². The SMILES string of the molecule is CCN(CC)C(=O)Oc1cccc(OC)c1C.COc1cccc(O)c1C. The Bertz CT molecular complexity index is 741. The molecule has 0 fully saturated rings. The molecule has 0 spiro atoms. The van der Waals surface area contributed by atoms with Crippen LogP contribution in [0.5, 0.6) is 23.0 Å². The van der Waals surface area contributed by atoms with E-state index < -0.39 is 0 Å². The molecular weight excluding hydrogens is 346 g/mol. The van der Waals surface area contributed by atoms with E-state index in [4.69, 9.17) is 19.3 Å². The second-order valence-corrected chi connectivity index (χ2v) is 5.73. The molecule has 27 heavy (non-hydrogen) atoms. The topological polar surface area (TPSA) is 68.2 Å². The number of hydrogen-bond acceptors (Lipinski definition) is 5. The average Bonchev–Trinajstić information content (AvgIpc) is 2.67. The number of amides is 1. The normalized spacial score (nSPS) is 9.70. The molecule has 0 saturated heterocycles. The third-order valence-electron chi connectivity index (χ3n) is 4.15. The fourth-order valence-corrected chi connectivity index (χ4v) is 2.39. The van der Waals surface area contributed by atoms with Crippen LogP contribution in [0.4, 0.5) is 4.79 Å². The van der Waals surface area contributed by atoms with Gasteiger partial charge in [-0.1, -0.05) is 12.1 Å². The maximum atomic E-state index is 11.8. The van der Waals surface area contributed by atoms with E-state index in [1.54, 1.807) is 43.4 Å². The van der Waals surface area contributed by atoms with Crippen molar-refractivity contribution in [3.05, 3.63) is 47.5 Å². The Morgan fingerprint density at radius 2 is 1.37 bits per heavy atom. The Kier molecular flexibility index (Phi) is 8.99. The molecule has 1 N–H and O–H groups in total. The van der Waals surface area contributed by atoms with Crippen molar-refractivity contribution in [2.24, 2.45) is 0 Å². The summed E-state index contributed by atoms with van der Waals surface area (Å²) in [5, 5.41) is 9.15. The molecule has 0 aliphatic rings. The fourth-order valence-electron chi connectivity index (χ4n) is 2.39. The number of hydrogen-bond donors (Lipinski definition) is 1. The van der Waals surface area contributed by atoms with E-state index in [2.05, 4.69) is 0 Å². The van der Waals surface area contributed by atoms with Crippen LogP contribution in [0.2, 0.25) is 0 Å². The first-order valence-corrected chi connectivity index (χ1v) is 8.82. The van der Waals surface area contributed by atoms with Gasteiger partial charge < -0.3 is 24.2 Å². The van der Waals surface area contributed by atoms with Crippen molar-refractivity contribution in [3.63, 3.8) is 0 Å². The molecule has 2 aromatic rings. The Morgan fingerprint density at radius 3 is 1.85 bits per heavy atom. The smallest absolute Gasteiger partial charge is 0.415 e. The number of ether oxygens (including phenoxy) is 3. The van der Waals surface area contributed by atoms with Gasteiger partial charge >= 0.3 is 6.09 Å². The summed E-state index contributed by atoms with van der Waals surface area (Å²) in [4.78, 5) is 13.4.